The maximum Gasteiger partial charge on any atom is 0.304 e. The zero-order chi connectivity index (χ0) is 17.0. The molecule has 23 heavy (non-hydrogen) atoms. The van der Waals surface area contributed by atoms with Crippen molar-refractivity contribution in [2.75, 3.05) is 0 Å². The van der Waals surface area contributed by atoms with Crippen molar-refractivity contribution < 1.29 is 8.85 Å². The standard InChI is InChI=1S/C20H40O2Si/c1-13(2)17-9-7-15(5)11-19(17)21-23-22-20-12-16(6)8-10-18(20)14(3)4/h13-20H,7-12,23H2,1-6H3. The fourth-order valence-electron chi connectivity index (χ4n) is 4.83. The van der Waals surface area contributed by atoms with Gasteiger partial charge in [0, 0.05) is 0 Å². The van der Waals surface area contributed by atoms with Gasteiger partial charge in [0.15, 0.2) is 0 Å². The monoisotopic (exact) mass is 340 g/mol. The molecule has 2 rings (SSSR count). The van der Waals surface area contributed by atoms with Crippen LogP contribution in [0.5, 0.6) is 0 Å². The Morgan fingerprint density at radius 3 is 1.43 bits per heavy atom. The molecule has 2 nitrogen and oxygen atoms in total. The molecule has 3 heteroatoms. The van der Waals surface area contributed by atoms with Crippen LogP contribution in [-0.4, -0.2) is 22.2 Å². The summed E-state index contributed by atoms with van der Waals surface area (Å²) in [6.45, 7) is 14.2. The molecule has 2 fully saturated rings. The van der Waals surface area contributed by atoms with Crippen molar-refractivity contribution >= 4 is 10.0 Å². The van der Waals surface area contributed by atoms with Gasteiger partial charge in [-0.3, -0.25) is 0 Å². The fourth-order valence-corrected chi connectivity index (χ4v) is 6.02. The highest BCUT2D eigenvalue weighted by molar-refractivity contribution is 6.18. The smallest absolute Gasteiger partial charge is 0.304 e. The van der Waals surface area contributed by atoms with Crippen LogP contribution in [0.25, 0.3) is 0 Å². The lowest BCUT2D eigenvalue weighted by atomic mass is 9.75. The molecule has 6 atom stereocenters. The first-order chi connectivity index (χ1) is 10.9. The summed E-state index contributed by atoms with van der Waals surface area (Å²) in [6.07, 6.45) is 8.84. The first-order valence-electron chi connectivity index (χ1n) is 10.1. The molecule has 2 saturated carbocycles. The summed E-state index contributed by atoms with van der Waals surface area (Å²) < 4.78 is 12.8. The van der Waals surface area contributed by atoms with Crippen LogP contribution in [0, 0.1) is 35.5 Å². The zero-order valence-corrected chi connectivity index (χ0v) is 17.8. The summed E-state index contributed by atoms with van der Waals surface area (Å²) in [7, 11) is -0.851. The molecule has 0 amide bonds. The summed E-state index contributed by atoms with van der Waals surface area (Å²) in [4.78, 5) is 0. The number of hydrogen-bond acceptors (Lipinski definition) is 2. The third-order valence-electron chi connectivity index (χ3n) is 6.49. The second-order valence-corrected chi connectivity index (χ2v) is 10.1. The number of hydrogen-bond donors (Lipinski definition) is 0. The van der Waals surface area contributed by atoms with Crippen molar-refractivity contribution in [1.82, 2.24) is 0 Å². The molecule has 0 aromatic carbocycles. The van der Waals surface area contributed by atoms with E-state index in [2.05, 4.69) is 41.5 Å². The Morgan fingerprint density at radius 1 is 0.696 bits per heavy atom. The minimum Gasteiger partial charge on any atom is -0.395 e. The van der Waals surface area contributed by atoms with Crippen LogP contribution in [0.1, 0.15) is 80.1 Å². The van der Waals surface area contributed by atoms with Crippen LogP contribution in [0.15, 0.2) is 0 Å². The summed E-state index contributed by atoms with van der Waals surface area (Å²) >= 11 is 0. The average molecular weight is 341 g/mol. The van der Waals surface area contributed by atoms with Crippen molar-refractivity contribution in [2.45, 2.75) is 92.3 Å². The van der Waals surface area contributed by atoms with Crippen LogP contribution >= 0.6 is 0 Å². The quantitative estimate of drug-likeness (QED) is 0.638. The molecule has 0 bridgehead atoms. The SMILES string of the molecule is CC1CCC(C(C)C)C(O[SiH2]OC2CC(C)CCC2C(C)C)C1. The molecule has 0 radical (unpaired) electrons. The van der Waals surface area contributed by atoms with Gasteiger partial charge in [-0.2, -0.15) is 0 Å². The second kappa shape index (κ2) is 9.01. The molecule has 0 aromatic heterocycles. The van der Waals surface area contributed by atoms with E-state index >= 15 is 0 Å². The lowest BCUT2D eigenvalue weighted by Gasteiger charge is -2.39. The Hall–Kier alpha value is 0.137. The van der Waals surface area contributed by atoms with Crippen LogP contribution in [0.2, 0.25) is 0 Å². The minimum absolute atomic E-state index is 0.462. The molecule has 0 N–H and O–H groups in total. The highest BCUT2D eigenvalue weighted by Gasteiger charge is 2.33. The normalized spacial score (nSPS) is 39.7. The predicted octanol–water partition coefficient (Wildman–Crippen LogP) is 4.94. The molecule has 2 aliphatic rings. The van der Waals surface area contributed by atoms with Crippen molar-refractivity contribution in [3.05, 3.63) is 0 Å². The van der Waals surface area contributed by atoms with Crippen molar-refractivity contribution in [3.8, 4) is 0 Å². The third-order valence-corrected chi connectivity index (χ3v) is 7.62. The first kappa shape index (κ1) is 19.5. The second-order valence-electron chi connectivity index (χ2n) is 9.18. The van der Waals surface area contributed by atoms with E-state index in [0.717, 1.165) is 35.5 Å². The molecule has 6 unspecified atom stereocenters. The van der Waals surface area contributed by atoms with Crippen molar-refractivity contribution in [2.24, 2.45) is 35.5 Å². The highest BCUT2D eigenvalue weighted by Crippen LogP contribution is 2.37. The van der Waals surface area contributed by atoms with E-state index in [-0.39, 0.29) is 0 Å². The van der Waals surface area contributed by atoms with Gasteiger partial charge in [0.25, 0.3) is 0 Å². The molecule has 0 heterocycles. The molecular formula is C20H40O2Si. The summed E-state index contributed by atoms with van der Waals surface area (Å²) in [5.74, 6) is 4.60. The van der Waals surface area contributed by atoms with E-state index in [0.29, 0.717) is 12.2 Å². The summed E-state index contributed by atoms with van der Waals surface area (Å²) in [5, 5.41) is 0. The van der Waals surface area contributed by atoms with E-state index in [1.54, 1.807) is 0 Å². The Balaban J connectivity index is 1.83. The fraction of sp³-hybridized carbons (Fsp3) is 1.00. The van der Waals surface area contributed by atoms with Gasteiger partial charge >= 0.3 is 10.0 Å². The lowest BCUT2D eigenvalue weighted by Crippen LogP contribution is -2.39. The topological polar surface area (TPSA) is 18.5 Å². The number of rotatable bonds is 6. The van der Waals surface area contributed by atoms with Crippen LogP contribution in [0.3, 0.4) is 0 Å². The van der Waals surface area contributed by atoms with E-state index in [1.165, 1.54) is 38.5 Å². The van der Waals surface area contributed by atoms with E-state index in [9.17, 15) is 0 Å². The molecular weight excluding hydrogens is 300 g/mol. The maximum atomic E-state index is 6.41. The van der Waals surface area contributed by atoms with Gasteiger partial charge in [0.05, 0.1) is 12.2 Å². The van der Waals surface area contributed by atoms with Gasteiger partial charge in [-0.05, 0) is 61.2 Å². The Bertz CT molecular complexity index is 313. The molecule has 0 aromatic rings. The summed E-state index contributed by atoms with van der Waals surface area (Å²) in [5.41, 5.74) is 0. The van der Waals surface area contributed by atoms with Crippen LogP contribution in [-0.2, 0) is 8.85 Å². The summed E-state index contributed by atoms with van der Waals surface area (Å²) in [6, 6.07) is 0. The molecule has 0 spiro atoms. The van der Waals surface area contributed by atoms with Crippen molar-refractivity contribution in [3.63, 3.8) is 0 Å². The predicted molar refractivity (Wildman–Crippen MR) is 101 cm³/mol. The van der Waals surface area contributed by atoms with E-state index in [1.807, 2.05) is 0 Å². The molecule has 2 aliphatic carbocycles. The molecule has 0 saturated heterocycles. The average Bonchev–Trinajstić information content (AvgIpc) is 2.46. The Kier molecular flexibility index (Phi) is 7.62. The van der Waals surface area contributed by atoms with Gasteiger partial charge in [-0.25, -0.2) is 0 Å². The molecule has 136 valence electrons. The third kappa shape index (κ3) is 5.57. The lowest BCUT2D eigenvalue weighted by molar-refractivity contribution is -0.00383. The van der Waals surface area contributed by atoms with Gasteiger partial charge in [0.1, 0.15) is 0 Å². The van der Waals surface area contributed by atoms with E-state index in [4.69, 9.17) is 8.85 Å². The van der Waals surface area contributed by atoms with Crippen molar-refractivity contribution in [1.29, 1.82) is 0 Å². The van der Waals surface area contributed by atoms with Crippen LogP contribution < -0.4 is 0 Å². The van der Waals surface area contributed by atoms with Crippen LogP contribution in [0.4, 0.5) is 0 Å². The maximum absolute atomic E-state index is 6.41. The molecule has 0 aliphatic heterocycles. The highest BCUT2D eigenvalue weighted by atomic mass is 28.3. The zero-order valence-electron chi connectivity index (χ0n) is 16.4. The van der Waals surface area contributed by atoms with Gasteiger partial charge in [0.2, 0.25) is 0 Å². The first-order valence-corrected chi connectivity index (χ1v) is 11.3. The van der Waals surface area contributed by atoms with Gasteiger partial charge in [-0.15, -0.1) is 0 Å². The Labute approximate surface area is 147 Å². The minimum atomic E-state index is -0.851. The van der Waals surface area contributed by atoms with Gasteiger partial charge < -0.3 is 8.85 Å². The van der Waals surface area contributed by atoms with E-state index < -0.39 is 10.0 Å². The van der Waals surface area contributed by atoms with Gasteiger partial charge in [-0.1, -0.05) is 54.4 Å². The largest absolute Gasteiger partial charge is 0.395 e. The Morgan fingerprint density at radius 2 is 1.09 bits per heavy atom.